The minimum absolute atomic E-state index is 0.442. The number of hydrogen-bond donors (Lipinski definition) is 1. The molecular weight excluding hydrogens is 246 g/mol. The van der Waals surface area contributed by atoms with E-state index in [0.717, 1.165) is 43.2 Å². The molecule has 0 bridgehead atoms. The normalized spacial score (nSPS) is 17.1. The van der Waals surface area contributed by atoms with E-state index in [2.05, 4.69) is 35.9 Å². The summed E-state index contributed by atoms with van der Waals surface area (Å²) >= 11 is 6.47. The highest BCUT2D eigenvalue weighted by Gasteiger charge is 2.43. The van der Waals surface area contributed by atoms with Crippen molar-refractivity contribution in [3.05, 3.63) is 16.4 Å². The number of aromatic nitrogens is 2. The Morgan fingerprint density at radius 2 is 2.06 bits per heavy atom. The second-order valence-corrected chi connectivity index (χ2v) is 5.71. The molecule has 1 aromatic rings. The molecule has 1 aliphatic rings. The Balaban J connectivity index is 2.15. The first-order chi connectivity index (χ1) is 8.65. The predicted molar refractivity (Wildman–Crippen MR) is 76.2 cm³/mol. The van der Waals surface area contributed by atoms with Gasteiger partial charge in [-0.05, 0) is 44.6 Å². The fourth-order valence-corrected chi connectivity index (χ4v) is 2.86. The van der Waals surface area contributed by atoms with Crippen LogP contribution in [-0.4, -0.2) is 22.9 Å². The largest absolute Gasteiger partial charge is 0.316 e. The lowest BCUT2D eigenvalue weighted by molar-refractivity contribution is 0.443. The molecule has 18 heavy (non-hydrogen) atoms. The van der Waals surface area contributed by atoms with Crippen molar-refractivity contribution < 1.29 is 0 Å². The quantitative estimate of drug-likeness (QED) is 0.825. The zero-order valence-corrected chi connectivity index (χ0v) is 12.5. The molecule has 1 heterocycles. The lowest BCUT2D eigenvalue weighted by Gasteiger charge is -2.16. The fourth-order valence-electron chi connectivity index (χ4n) is 2.52. The summed E-state index contributed by atoms with van der Waals surface area (Å²) in [6.45, 7) is 9.47. The van der Waals surface area contributed by atoms with Crippen LogP contribution in [0.1, 0.15) is 45.0 Å². The average Bonchev–Trinajstić information content (AvgIpc) is 3.08. The number of nitrogens with one attached hydrogen (secondary N) is 1. The van der Waals surface area contributed by atoms with E-state index in [9.17, 15) is 0 Å². The summed E-state index contributed by atoms with van der Waals surface area (Å²) in [7, 11) is 0. The molecule has 1 aliphatic carbocycles. The van der Waals surface area contributed by atoms with E-state index < -0.39 is 0 Å². The van der Waals surface area contributed by atoms with Crippen LogP contribution in [0.5, 0.6) is 0 Å². The van der Waals surface area contributed by atoms with E-state index in [0.29, 0.717) is 5.41 Å². The number of aryl methyl sites for hydroxylation is 2. The summed E-state index contributed by atoms with van der Waals surface area (Å²) < 4.78 is 2.09. The highest BCUT2D eigenvalue weighted by molar-refractivity contribution is 6.31. The topological polar surface area (TPSA) is 29.9 Å². The molecule has 1 fully saturated rings. The number of nitrogens with zero attached hydrogens (tertiary/aromatic N) is 2. The third kappa shape index (κ3) is 2.72. The van der Waals surface area contributed by atoms with E-state index in [1.54, 1.807) is 0 Å². The van der Waals surface area contributed by atoms with Crippen LogP contribution < -0.4 is 5.32 Å². The summed E-state index contributed by atoms with van der Waals surface area (Å²) in [5, 5.41) is 8.98. The van der Waals surface area contributed by atoms with Gasteiger partial charge in [0.2, 0.25) is 0 Å². The van der Waals surface area contributed by atoms with Gasteiger partial charge in [0.25, 0.3) is 0 Å². The zero-order valence-electron chi connectivity index (χ0n) is 11.7. The van der Waals surface area contributed by atoms with Crippen molar-refractivity contribution in [2.24, 2.45) is 5.41 Å². The van der Waals surface area contributed by atoms with Crippen LogP contribution in [0.2, 0.25) is 5.02 Å². The van der Waals surface area contributed by atoms with Gasteiger partial charge in [-0.15, -0.1) is 0 Å². The van der Waals surface area contributed by atoms with Gasteiger partial charge < -0.3 is 5.32 Å². The summed E-state index contributed by atoms with van der Waals surface area (Å²) in [4.78, 5) is 0. The number of rotatable bonds is 7. The number of hydrogen-bond acceptors (Lipinski definition) is 2. The summed E-state index contributed by atoms with van der Waals surface area (Å²) in [6, 6.07) is 0. The molecule has 0 amide bonds. The van der Waals surface area contributed by atoms with Crippen LogP contribution in [-0.2, 0) is 19.4 Å². The molecule has 1 N–H and O–H groups in total. The zero-order chi connectivity index (χ0) is 13.2. The Bertz CT molecular complexity index is 407. The molecule has 102 valence electrons. The third-order valence-electron chi connectivity index (χ3n) is 3.94. The lowest BCUT2D eigenvalue weighted by atomic mass is 9.99. The van der Waals surface area contributed by atoms with E-state index in [1.165, 1.54) is 18.5 Å². The Morgan fingerprint density at radius 3 is 2.56 bits per heavy atom. The highest BCUT2D eigenvalue weighted by Crippen LogP contribution is 2.48. The van der Waals surface area contributed by atoms with Crippen molar-refractivity contribution in [1.29, 1.82) is 0 Å². The molecule has 0 atom stereocenters. The smallest absolute Gasteiger partial charge is 0.0850 e. The molecule has 4 heteroatoms. The highest BCUT2D eigenvalue weighted by atomic mass is 35.5. The first-order valence-corrected chi connectivity index (χ1v) is 7.48. The van der Waals surface area contributed by atoms with Gasteiger partial charge in [0.1, 0.15) is 0 Å². The molecule has 0 spiro atoms. The fraction of sp³-hybridized carbons (Fsp3) is 0.786. The average molecular weight is 270 g/mol. The molecule has 2 rings (SSSR count). The van der Waals surface area contributed by atoms with Crippen LogP contribution in [0.4, 0.5) is 0 Å². The first-order valence-electron chi connectivity index (χ1n) is 7.10. The van der Waals surface area contributed by atoms with Crippen molar-refractivity contribution in [1.82, 2.24) is 15.1 Å². The van der Waals surface area contributed by atoms with Gasteiger partial charge in [-0.3, -0.25) is 4.68 Å². The molecule has 3 nitrogen and oxygen atoms in total. The van der Waals surface area contributed by atoms with E-state index in [1.807, 2.05) is 0 Å². The maximum Gasteiger partial charge on any atom is 0.0850 e. The van der Waals surface area contributed by atoms with Crippen molar-refractivity contribution >= 4 is 11.6 Å². The third-order valence-corrected chi connectivity index (χ3v) is 4.38. The standard InChI is InChI=1S/C14H24ClN3/c1-4-11-13(15)12(18(6-3)17-11)9-14(7-8-14)10-16-5-2/h16H,4-10H2,1-3H3. The van der Waals surface area contributed by atoms with Gasteiger partial charge >= 0.3 is 0 Å². The molecule has 1 aromatic heterocycles. The Kier molecular flexibility index (Phi) is 4.33. The van der Waals surface area contributed by atoms with E-state index in [4.69, 9.17) is 11.6 Å². The van der Waals surface area contributed by atoms with E-state index in [-0.39, 0.29) is 0 Å². The van der Waals surface area contributed by atoms with Crippen LogP contribution in [0, 0.1) is 5.41 Å². The predicted octanol–water partition coefficient (Wildman–Crippen LogP) is 3.05. The summed E-state index contributed by atoms with van der Waals surface area (Å²) in [5.41, 5.74) is 2.73. The molecular formula is C14H24ClN3. The van der Waals surface area contributed by atoms with Gasteiger partial charge in [-0.2, -0.15) is 5.10 Å². The van der Waals surface area contributed by atoms with Crippen molar-refractivity contribution in [3.8, 4) is 0 Å². The molecule has 0 aliphatic heterocycles. The monoisotopic (exact) mass is 269 g/mol. The van der Waals surface area contributed by atoms with Gasteiger partial charge in [-0.25, -0.2) is 0 Å². The van der Waals surface area contributed by atoms with Crippen molar-refractivity contribution in [2.75, 3.05) is 13.1 Å². The second-order valence-electron chi connectivity index (χ2n) is 5.33. The molecule has 1 saturated carbocycles. The second kappa shape index (κ2) is 5.62. The summed E-state index contributed by atoms with van der Waals surface area (Å²) in [6.07, 6.45) is 4.61. The van der Waals surface area contributed by atoms with Crippen LogP contribution in [0.3, 0.4) is 0 Å². The Hall–Kier alpha value is -0.540. The van der Waals surface area contributed by atoms with Crippen LogP contribution in [0.15, 0.2) is 0 Å². The van der Waals surface area contributed by atoms with Gasteiger partial charge in [0.15, 0.2) is 0 Å². The van der Waals surface area contributed by atoms with Crippen molar-refractivity contribution in [2.45, 2.75) is 53.0 Å². The Morgan fingerprint density at radius 1 is 1.33 bits per heavy atom. The maximum absolute atomic E-state index is 6.47. The Labute approximate surface area is 115 Å². The minimum atomic E-state index is 0.442. The molecule has 0 saturated heterocycles. The van der Waals surface area contributed by atoms with Crippen molar-refractivity contribution in [3.63, 3.8) is 0 Å². The molecule has 0 aromatic carbocycles. The van der Waals surface area contributed by atoms with Gasteiger partial charge in [0.05, 0.1) is 16.4 Å². The first kappa shape index (κ1) is 13.9. The molecule has 0 radical (unpaired) electrons. The lowest BCUT2D eigenvalue weighted by Crippen LogP contribution is -2.26. The van der Waals surface area contributed by atoms with Crippen LogP contribution in [0.25, 0.3) is 0 Å². The van der Waals surface area contributed by atoms with Gasteiger partial charge in [-0.1, -0.05) is 25.4 Å². The van der Waals surface area contributed by atoms with Crippen LogP contribution >= 0.6 is 11.6 Å². The SMILES string of the molecule is CCNCC1(Cc2c(Cl)c(CC)nn2CC)CC1. The maximum atomic E-state index is 6.47. The van der Waals surface area contributed by atoms with E-state index >= 15 is 0 Å². The number of halogens is 1. The van der Waals surface area contributed by atoms with Gasteiger partial charge in [0, 0.05) is 13.1 Å². The minimum Gasteiger partial charge on any atom is -0.316 e. The molecule has 0 unspecified atom stereocenters. The summed E-state index contributed by atoms with van der Waals surface area (Å²) in [5.74, 6) is 0.